The van der Waals surface area contributed by atoms with E-state index in [0.29, 0.717) is 17.4 Å². The number of nitrogens with one attached hydrogen (secondary N) is 1. The van der Waals surface area contributed by atoms with Crippen molar-refractivity contribution in [2.45, 2.75) is 283 Å². The molecule has 0 aliphatic rings. The van der Waals surface area contributed by atoms with Gasteiger partial charge in [0.2, 0.25) is 5.91 Å². The molecule has 0 aliphatic heterocycles. The van der Waals surface area contributed by atoms with Crippen molar-refractivity contribution in [1.82, 2.24) is 5.32 Å². The molecule has 0 saturated heterocycles. The predicted octanol–water partition coefficient (Wildman–Crippen LogP) is 17.5. The van der Waals surface area contributed by atoms with Gasteiger partial charge in [-0.05, 0) is 57.8 Å². The van der Waals surface area contributed by atoms with Crippen molar-refractivity contribution in [3.05, 3.63) is 48.6 Å². The van der Waals surface area contributed by atoms with Crippen LogP contribution in [-0.2, 0) is 18.4 Å². The van der Waals surface area contributed by atoms with Crippen molar-refractivity contribution in [3.8, 4) is 0 Å². The first kappa shape index (κ1) is 66.5. The van der Waals surface area contributed by atoms with Crippen LogP contribution in [0.2, 0.25) is 0 Å². The van der Waals surface area contributed by atoms with E-state index in [2.05, 4.69) is 55.6 Å². The lowest BCUT2D eigenvalue weighted by Crippen LogP contribution is -2.45. The topological polar surface area (TPSA) is 105 Å². The number of carbonyl (C=O) groups excluding carboxylic acids is 1. The molecule has 9 heteroatoms. The van der Waals surface area contributed by atoms with Gasteiger partial charge in [-0.25, -0.2) is 4.57 Å². The number of phosphoric acid groups is 1. The summed E-state index contributed by atoms with van der Waals surface area (Å²) in [6.45, 7) is 4.83. The van der Waals surface area contributed by atoms with Gasteiger partial charge in [0.05, 0.1) is 39.9 Å². The number of hydrogen-bond donors (Lipinski definition) is 3. The van der Waals surface area contributed by atoms with Crippen LogP contribution >= 0.6 is 7.82 Å². The first-order valence-corrected chi connectivity index (χ1v) is 30.5. The van der Waals surface area contributed by atoms with E-state index in [4.69, 9.17) is 9.05 Å². The second kappa shape index (κ2) is 50.4. The maximum absolute atomic E-state index is 13.0. The Kier molecular flexibility index (Phi) is 49.3. The van der Waals surface area contributed by atoms with Crippen LogP contribution < -0.4 is 5.32 Å². The molecule has 0 rings (SSSR count). The normalized spacial score (nSPS) is 14.3. The summed E-state index contributed by atoms with van der Waals surface area (Å²) in [5, 5.41) is 13.9. The zero-order chi connectivity index (χ0) is 49.9. The summed E-state index contributed by atoms with van der Waals surface area (Å²) in [5.41, 5.74) is 0. The van der Waals surface area contributed by atoms with Crippen molar-refractivity contribution in [2.75, 3.05) is 40.9 Å². The van der Waals surface area contributed by atoms with Crippen molar-refractivity contribution in [3.63, 3.8) is 0 Å². The molecule has 68 heavy (non-hydrogen) atoms. The number of carbonyl (C=O) groups is 1. The quantitative estimate of drug-likeness (QED) is 0.0243. The smallest absolute Gasteiger partial charge is 0.387 e. The van der Waals surface area contributed by atoms with E-state index in [-0.39, 0.29) is 19.1 Å². The number of nitrogens with zero attached hydrogens (tertiary/aromatic N) is 1. The highest BCUT2D eigenvalue weighted by Gasteiger charge is 2.27. The second-order valence-electron chi connectivity index (χ2n) is 21.0. The third kappa shape index (κ3) is 52.3. The number of unbranched alkanes of at least 4 members (excludes halogenated alkanes) is 34. The minimum atomic E-state index is -4.35. The zero-order valence-electron chi connectivity index (χ0n) is 45.6. The Labute approximate surface area is 422 Å². The maximum Gasteiger partial charge on any atom is 0.472 e. The summed E-state index contributed by atoms with van der Waals surface area (Å²) in [6.07, 6.45) is 66.3. The number of hydrogen-bond acceptors (Lipinski definition) is 5. The summed E-state index contributed by atoms with van der Waals surface area (Å²) in [4.78, 5) is 23.3. The monoisotopic (exact) mass is 978 g/mol. The average molecular weight is 979 g/mol. The lowest BCUT2D eigenvalue weighted by Gasteiger charge is -2.25. The van der Waals surface area contributed by atoms with Crippen LogP contribution in [0.3, 0.4) is 0 Å². The Bertz CT molecular complexity index is 1250. The molecule has 0 spiro atoms. The third-order valence-corrected chi connectivity index (χ3v) is 14.0. The Hall–Kier alpha value is -1.54. The van der Waals surface area contributed by atoms with Crippen molar-refractivity contribution in [1.29, 1.82) is 0 Å². The molecule has 0 aromatic rings. The second-order valence-corrected chi connectivity index (χ2v) is 22.5. The number of rotatable bonds is 53. The van der Waals surface area contributed by atoms with Crippen molar-refractivity contribution < 1.29 is 32.9 Å². The molecule has 3 unspecified atom stereocenters. The minimum absolute atomic E-state index is 0.0608. The Morgan fingerprint density at radius 1 is 0.500 bits per heavy atom. The summed E-state index contributed by atoms with van der Waals surface area (Å²) in [7, 11) is 1.58. The molecule has 0 aromatic heterocycles. The van der Waals surface area contributed by atoms with Gasteiger partial charge in [-0.3, -0.25) is 13.8 Å². The number of amides is 1. The molecule has 0 aliphatic carbocycles. The van der Waals surface area contributed by atoms with E-state index >= 15 is 0 Å². The zero-order valence-corrected chi connectivity index (χ0v) is 46.5. The van der Waals surface area contributed by atoms with Gasteiger partial charge in [-0.1, -0.05) is 255 Å². The van der Waals surface area contributed by atoms with Crippen molar-refractivity contribution in [2.24, 2.45) is 0 Å². The molecule has 8 nitrogen and oxygen atoms in total. The lowest BCUT2D eigenvalue weighted by molar-refractivity contribution is -0.870. The highest BCUT2D eigenvalue weighted by Crippen LogP contribution is 2.43. The van der Waals surface area contributed by atoms with Gasteiger partial charge in [0.15, 0.2) is 0 Å². The highest BCUT2D eigenvalue weighted by atomic mass is 31.2. The fraction of sp³-hybridized carbons (Fsp3) is 0.847. The molecular weight excluding hydrogens is 864 g/mol. The summed E-state index contributed by atoms with van der Waals surface area (Å²) >= 11 is 0. The molecule has 400 valence electrons. The first-order valence-electron chi connectivity index (χ1n) is 29.0. The molecule has 1 amide bonds. The van der Waals surface area contributed by atoms with Gasteiger partial charge in [0.25, 0.3) is 0 Å². The molecule has 0 bridgehead atoms. The third-order valence-electron chi connectivity index (χ3n) is 13.0. The van der Waals surface area contributed by atoms with Crippen LogP contribution in [0.4, 0.5) is 0 Å². The number of quaternary nitrogens is 1. The first-order chi connectivity index (χ1) is 33.0. The van der Waals surface area contributed by atoms with E-state index in [0.717, 1.165) is 51.4 Å². The van der Waals surface area contributed by atoms with Crippen molar-refractivity contribution >= 4 is 13.7 Å². The predicted molar refractivity (Wildman–Crippen MR) is 295 cm³/mol. The van der Waals surface area contributed by atoms with Crippen LogP contribution in [-0.4, -0.2) is 73.4 Å². The number of allylic oxidation sites excluding steroid dienone is 7. The summed E-state index contributed by atoms with van der Waals surface area (Å²) in [6, 6.07) is -0.849. The highest BCUT2D eigenvalue weighted by molar-refractivity contribution is 7.47. The summed E-state index contributed by atoms with van der Waals surface area (Å²) < 4.78 is 23.7. The van der Waals surface area contributed by atoms with Gasteiger partial charge < -0.3 is 19.8 Å². The molecule has 0 heterocycles. The fourth-order valence-corrected chi connectivity index (χ4v) is 9.20. The van der Waals surface area contributed by atoms with E-state index in [1.807, 2.05) is 27.2 Å². The minimum Gasteiger partial charge on any atom is -0.387 e. The van der Waals surface area contributed by atoms with Crippen LogP contribution in [0, 0.1) is 0 Å². The lowest BCUT2D eigenvalue weighted by atomic mass is 10.0. The molecule has 0 fully saturated rings. The van der Waals surface area contributed by atoms with Crippen LogP contribution in [0.15, 0.2) is 48.6 Å². The van der Waals surface area contributed by atoms with E-state index < -0.39 is 20.0 Å². The van der Waals surface area contributed by atoms with Crippen LogP contribution in [0.5, 0.6) is 0 Å². The van der Waals surface area contributed by atoms with Gasteiger partial charge in [-0.15, -0.1) is 0 Å². The molecular formula is C59H114N2O6P+. The number of aliphatic hydroxyl groups is 1. The van der Waals surface area contributed by atoms with Crippen LogP contribution in [0.25, 0.3) is 0 Å². The molecule has 3 N–H and O–H groups in total. The Balaban J connectivity index is 4.20. The van der Waals surface area contributed by atoms with Gasteiger partial charge in [-0.2, -0.15) is 0 Å². The maximum atomic E-state index is 13.0. The largest absolute Gasteiger partial charge is 0.472 e. The molecule has 3 atom stereocenters. The van der Waals surface area contributed by atoms with E-state index in [9.17, 15) is 19.4 Å². The summed E-state index contributed by atoms with van der Waals surface area (Å²) in [5.74, 6) is -0.177. The molecule has 0 radical (unpaired) electrons. The molecule has 0 saturated carbocycles. The van der Waals surface area contributed by atoms with Gasteiger partial charge >= 0.3 is 7.82 Å². The number of aliphatic hydroxyl groups excluding tert-OH is 1. The molecule has 0 aromatic carbocycles. The van der Waals surface area contributed by atoms with Crippen LogP contribution in [0.1, 0.15) is 271 Å². The number of likely N-dealkylation sites (N-methyl/N-ethyl adjacent to an activating group) is 1. The average Bonchev–Trinajstić information content (AvgIpc) is 3.30. The Morgan fingerprint density at radius 3 is 1.22 bits per heavy atom. The van der Waals surface area contributed by atoms with E-state index in [1.54, 1.807) is 6.08 Å². The number of phosphoric ester groups is 1. The SMILES string of the molecule is CCCCCCC/C=C\C/C=C\C/C=C\CCCCCCCCCCCCCCC(=O)NC(COP(=O)(O)OCC[N+](C)(C)C)C(O)/C=C/CCCCCCCCCCCCCCCCCCC. The van der Waals surface area contributed by atoms with Gasteiger partial charge in [0.1, 0.15) is 13.2 Å². The fourth-order valence-electron chi connectivity index (χ4n) is 8.46. The standard InChI is InChI=1S/C59H113N2O6P/c1-6-8-10-12-14-16-18-20-22-24-26-27-28-29-30-31-32-33-35-37-39-41-43-45-47-49-51-53-59(63)60-57(56-67-68(64,65)66-55-54-61(3,4)5)58(62)52-50-48-46-44-42-40-38-36-34-25-23-21-19-17-15-13-11-9-7-2/h18,20,24,26,28-29,50,52,57-58,62H,6-17,19,21-23,25,27,30-49,51,53-56H2,1-5H3,(H-,60,63,64,65)/p+1/b20-18-,26-24-,29-28-,52-50+. The van der Waals surface area contributed by atoms with E-state index in [1.165, 1.54) is 199 Å². The Morgan fingerprint density at radius 2 is 0.838 bits per heavy atom. The van der Waals surface area contributed by atoms with Gasteiger partial charge in [0, 0.05) is 6.42 Å².